The molecule has 0 spiro atoms. The number of aryl methyl sites for hydroxylation is 3. The summed E-state index contributed by atoms with van der Waals surface area (Å²) in [5.74, 6) is 1.77. The standard InChI is InChI=1S/C25H28N2O2/c1-17-9-12-21(25-18(2)26-29-19(25)3)15-24(17)27(22-7-5-4-6-8-22)16-20-10-13-23(28)14-11-20/h4-9,12,15,20H,10-11,13-14,16H2,1-3H3. The molecule has 0 amide bonds. The fourth-order valence-corrected chi connectivity index (χ4v) is 4.34. The van der Waals surface area contributed by atoms with E-state index in [0.717, 1.165) is 42.0 Å². The predicted molar refractivity (Wildman–Crippen MR) is 117 cm³/mol. The third-order valence-electron chi connectivity index (χ3n) is 5.99. The van der Waals surface area contributed by atoms with Crippen molar-refractivity contribution in [3.63, 3.8) is 0 Å². The Hall–Kier alpha value is -2.88. The number of nitrogens with zero attached hydrogens (tertiary/aromatic N) is 2. The van der Waals surface area contributed by atoms with Crippen LogP contribution in [-0.2, 0) is 4.79 Å². The first-order valence-electron chi connectivity index (χ1n) is 10.4. The molecule has 4 nitrogen and oxygen atoms in total. The quantitative estimate of drug-likeness (QED) is 0.525. The minimum absolute atomic E-state index is 0.407. The van der Waals surface area contributed by atoms with Crippen LogP contribution in [0.2, 0.25) is 0 Å². The Bertz CT molecular complexity index is 977. The van der Waals surface area contributed by atoms with Crippen molar-refractivity contribution < 1.29 is 9.32 Å². The number of aromatic nitrogens is 1. The van der Waals surface area contributed by atoms with E-state index < -0.39 is 0 Å². The zero-order valence-electron chi connectivity index (χ0n) is 17.4. The maximum Gasteiger partial charge on any atom is 0.141 e. The highest BCUT2D eigenvalue weighted by Gasteiger charge is 2.23. The SMILES string of the molecule is Cc1ccc(-c2c(C)noc2C)cc1N(CC1CCC(=O)CC1)c1ccccc1. The molecule has 0 radical (unpaired) electrons. The molecule has 4 heteroatoms. The fourth-order valence-electron chi connectivity index (χ4n) is 4.34. The molecule has 0 atom stereocenters. The van der Waals surface area contributed by atoms with E-state index in [1.165, 1.54) is 16.9 Å². The second-order valence-corrected chi connectivity index (χ2v) is 8.13. The molecule has 0 N–H and O–H groups in total. The molecule has 3 aromatic rings. The van der Waals surface area contributed by atoms with E-state index in [2.05, 4.69) is 59.4 Å². The van der Waals surface area contributed by atoms with Crippen molar-refractivity contribution in [3.8, 4) is 11.1 Å². The van der Waals surface area contributed by atoms with Gasteiger partial charge in [-0.1, -0.05) is 35.5 Å². The lowest BCUT2D eigenvalue weighted by Crippen LogP contribution is -2.28. The third kappa shape index (κ3) is 4.12. The second-order valence-electron chi connectivity index (χ2n) is 8.13. The highest BCUT2D eigenvalue weighted by Crippen LogP contribution is 2.36. The van der Waals surface area contributed by atoms with Crippen LogP contribution in [0.1, 0.15) is 42.7 Å². The highest BCUT2D eigenvalue weighted by molar-refractivity contribution is 5.79. The largest absolute Gasteiger partial charge is 0.361 e. The van der Waals surface area contributed by atoms with E-state index in [-0.39, 0.29) is 0 Å². The van der Waals surface area contributed by atoms with Crippen LogP contribution in [0.5, 0.6) is 0 Å². The first kappa shape index (κ1) is 19.4. The van der Waals surface area contributed by atoms with E-state index in [9.17, 15) is 4.79 Å². The number of hydrogen-bond acceptors (Lipinski definition) is 4. The van der Waals surface area contributed by atoms with Crippen LogP contribution in [-0.4, -0.2) is 17.5 Å². The smallest absolute Gasteiger partial charge is 0.141 e. The van der Waals surface area contributed by atoms with Gasteiger partial charge in [0.2, 0.25) is 0 Å². The lowest BCUT2D eigenvalue weighted by Gasteiger charge is -2.32. The number of benzene rings is 2. The van der Waals surface area contributed by atoms with Crippen LogP contribution in [0.4, 0.5) is 11.4 Å². The maximum absolute atomic E-state index is 11.7. The van der Waals surface area contributed by atoms with Gasteiger partial charge in [0, 0.05) is 36.3 Å². The van der Waals surface area contributed by atoms with Gasteiger partial charge >= 0.3 is 0 Å². The number of carbonyl (C=O) groups excluding carboxylic acids is 1. The van der Waals surface area contributed by atoms with Crippen molar-refractivity contribution >= 4 is 17.2 Å². The van der Waals surface area contributed by atoms with Crippen molar-refractivity contribution in [2.75, 3.05) is 11.4 Å². The number of carbonyl (C=O) groups is 1. The van der Waals surface area contributed by atoms with Crippen LogP contribution >= 0.6 is 0 Å². The molecule has 4 rings (SSSR count). The first-order valence-corrected chi connectivity index (χ1v) is 10.4. The Morgan fingerprint density at radius 2 is 1.76 bits per heavy atom. The summed E-state index contributed by atoms with van der Waals surface area (Å²) in [7, 11) is 0. The lowest BCUT2D eigenvalue weighted by molar-refractivity contribution is -0.120. The Labute approximate surface area is 172 Å². The molecule has 0 saturated heterocycles. The monoisotopic (exact) mass is 388 g/mol. The molecule has 150 valence electrons. The summed E-state index contributed by atoms with van der Waals surface area (Å²) in [6.07, 6.45) is 3.38. The zero-order valence-corrected chi connectivity index (χ0v) is 17.4. The fraction of sp³-hybridized carbons (Fsp3) is 0.360. The summed E-state index contributed by atoms with van der Waals surface area (Å²) in [6, 6.07) is 17.1. The van der Waals surface area contributed by atoms with Crippen LogP contribution < -0.4 is 4.90 Å². The van der Waals surface area contributed by atoms with E-state index >= 15 is 0 Å². The minimum Gasteiger partial charge on any atom is -0.361 e. The van der Waals surface area contributed by atoms with Gasteiger partial charge in [0.1, 0.15) is 11.5 Å². The molecule has 0 unspecified atom stereocenters. The van der Waals surface area contributed by atoms with Crippen molar-refractivity contribution in [2.45, 2.75) is 46.5 Å². The van der Waals surface area contributed by atoms with Gasteiger partial charge in [0.25, 0.3) is 0 Å². The summed E-state index contributed by atoms with van der Waals surface area (Å²) in [5.41, 5.74) is 6.73. The minimum atomic E-state index is 0.407. The van der Waals surface area contributed by atoms with Gasteiger partial charge in [-0.15, -0.1) is 0 Å². The van der Waals surface area contributed by atoms with Gasteiger partial charge in [0.15, 0.2) is 0 Å². The number of hydrogen-bond donors (Lipinski definition) is 0. The zero-order chi connectivity index (χ0) is 20.4. The molecular weight excluding hydrogens is 360 g/mol. The summed E-state index contributed by atoms with van der Waals surface area (Å²) in [6.45, 7) is 7.03. The average molecular weight is 389 g/mol. The summed E-state index contributed by atoms with van der Waals surface area (Å²) in [4.78, 5) is 14.1. The molecule has 2 aromatic carbocycles. The number of rotatable bonds is 5. The van der Waals surface area contributed by atoms with E-state index in [4.69, 9.17) is 4.52 Å². The average Bonchev–Trinajstić information content (AvgIpc) is 3.07. The van der Waals surface area contributed by atoms with Gasteiger partial charge in [-0.3, -0.25) is 4.79 Å². The van der Waals surface area contributed by atoms with Gasteiger partial charge in [0.05, 0.1) is 5.69 Å². The molecule has 1 aromatic heterocycles. The Morgan fingerprint density at radius 1 is 1.03 bits per heavy atom. The number of para-hydroxylation sites is 1. The maximum atomic E-state index is 11.7. The molecule has 0 bridgehead atoms. The van der Waals surface area contributed by atoms with Gasteiger partial charge < -0.3 is 9.42 Å². The van der Waals surface area contributed by atoms with E-state index in [1.54, 1.807) is 0 Å². The molecule has 1 aliphatic carbocycles. The highest BCUT2D eigenvalue weighted by atomic mass is 16.5. The van der Waals surface area contributed by atoms with E-state index in [1.807, 2.05) is 19.9 Å². The van der Waals surface area contributed by atoms with Crippen LogP contribution in [0.3, 0.4) is 0 Å². The topological polar surface area (TPSA) is 46.3 Å². The van der Waals surface area contributed by atoms with E-state index in [0.29, 0.717) is 24.5 Å². The third-order valence-corrected chi connectivity index (χ3v) is 5.99. The van der Waals surface area contributed by atoms with Gasteiger partial charge in [-0.2, -0.15) is 0 Å². The van der Waals surface area contributed by atoms with Crippen LogP contribution in [0.25, 0.3) is 11.1 Å². The molecule has 1 heterocycles. The van der Waals surface area contributed by atoms with Crippen LogP contribution in [0, 0.1) is 26.7 Å². The van der Waals surface area contributed by atoms with Crippen molar-refractivity contribution in [1.82, 2.24) is 5.16 Å². The number of Topliss-reactive ketones (excluding diaryl/α,β-unsaturated/α-hetero) is 1. The normalized spacial score (nSPS) is 14.9. The van der Waals surface area contributed by atoms with Gasteiger partial charge in [-0.05, 0) is 68.9 Å². The first-order chi connectivity index (χ1) is 14.0. The van der Waals surface area contributed by atoms with Crippen molar-refractivity contribution in [1.29, 1.82) is 0 Å². The Balaban J connectivity index is 1.74. The van der Waals surface area contributed by atoms with Crippen molar-refractivity contribution in [3.05, 3.63) is 65.5 Å². The van der Waals surface area contributed by atoms with Crippen molar-refractivity contribution in [2.24, 2.45) is 5.92 Å². The number of anilines is 2. The molecular formula is C25H28N2O2. The summed E-state index contributed by atoms with van der Waals surface area (Å²) >= 11 is 0. The molecule has 1 aliphatic rings. The van der Waals surface area contributed by atoms with Gasteiger partial charge in [-0.25, -0.2) is 0 Å². The lowest BCUT2D eigenvalue weighted by atomic mass is 9.87. The molecule has 1 fully saturated rings. The summed E-state index contributed by atoms with van der Waals surface area (Å²) in [5, 5.41) is 4.13. The number of ketones is 1. The Morgan fingerprint density at radius 3 is 2.41 bits per heavy atom. The predicted octanol–water partition coefficient (Wildman–Crippen LogP) is 6.16. The summed E-state index contributed by atoms with van der Waals surface area (Å²) < 4.78 is 5.40. The Kier molecular flexibility index (Phi) is 5.52. The molecule has 29 heavy (non-hydrogen) atoms. The van der Waals surface area contributed by atoms with Crippen LogP contribution in [0.15, 0.2) is 53.1 Å². The molecule has 1 saturated carbocycles. The molecule has 0 aliphatic heterocycles. The second kappa shape index (κ2) is 8.24.